The van der Waals surface area contributed by atoms with Crippen LogP contribution in [-0.4, -0.2) is 51.0 Å². The van der Waals surface area contributed by atoms with Crippen molar-refractivity contribution in [1.29, 1.82) is 0 Å². The number of imide groups is 1. The normalized spacial score (nSPS) is 19.4. The lowest BCUT2D eigenvalue weighted by molar-refractivity contribution is -0.138. The van der Waals surface area contributed by atoms with Crippen molar-refractivity contribution in [2.75, 3.05) is 7.11 Å². The van der Waals surface area contributed by atoms with Crippen LogP contribution in [0.3, 0.4) is 0 Å². The van der Waals surface area contributed by atoms with Gasteiger partial charge in [0.2, 0.25) is 5.91 Å². The third kappa shape index (κ3) is 3.64. The predicted octanol–water partition coefficient (Wildman–Crippen LogP) is 1.89. The van der Waals surface area contributed by atoms with Gasteiger partial charge < -0.3 is 19.9 Å². The molecule has 2 aliphatic rings. The third-order valence-corrected chi connectivity index (χ3v) is 6.27. The molecule has 2 atom stereocenters. The van der Waals surface area contributed by atoms with Crippen molar-refractivity contribution in [3.8, 4) is 5.75 Å². The number of nitrogens with one attached hydrogen (secondary N) is 2. The van der Waals surface area contributed by atoms with E-state index in [1.54, 1.807) is 26.4 Å². The van der Waals surface area contributed by atoms with Gasteiger partial charge in [0, 0.05) is 19.4 Å². The van der Waals surface area contributed by atoms with Crippen LogP contribution in [0.25, 0.3) is 0 Å². The maximum absolute atomic E-state index is 13.2. The van der Waals surface area contributed by atoms with Crippen molar-refractivity contribution in [2.45, 2.75) is 50.2 Å². The molecule has 0 bridgehead atoms. The molecule has 2 N–H and O–H groups in total. The minimum Gasteiger partial charge on any atom is -0.497 e. The molecular weight excluding hydrogens is 398 g/mol. The summed E-state index contributed by atoms with van der Waals surface area (Å²) in [5, 5.41) is 5.80. The summed E-state index contributed by atoms with van der Waals surface area (Å²) in [4.78, 5) is 44.3. The Balaban J connectivity index is 1.58. The van der Waals surface area contributed by atoms with Crippen LogP contribution in [0.1, 0.15) is 50.0 Å². The highest BCUT2D eigenvalue weighted by atomic mass is 16.5. The first-order valence-corrected chi connectivity index (χ1v) is 10.4. The Morgan fingerprint density at radius 1 is 1.23 bits per heavy atom. The van der Waals surface area contributed by atoms with Crippen LogP contribution in [0.2, 0.25) is 0 Å². The Morgan fingerprint density at radius 2 is 1.90 bits per heavy atom. The smallest absolute Gasteiger partial charge is 0.325 e. The second-order valence-electron chi connectivity index (χ2n) is 8.18. The zero-order valence-electron chi connectivity index (χ0n) is 17.9. The molecule has 0 radical (unpaired) electrons. The number of amides is 4. The van der Waals surface area contributed by atoms with Crippen molar-refractivity contribution in [1.82, 2.24) is 25.1 Å². The van der Waals surface area contributed by atoms with Gasteiger partial charge >= 0.3 is 6.03 Å². The molecule has 9 heteroatoms. The van der Waals surface area contributed by atoms with E-state index in [1.807, 2.05) is 35.9 Å². The van der Waals surface area contributed by atoms with Crippen LogP contribution in [0.5, 0.6) is 5.75 Å². The minimum absolute atomic E-state index is 0.310. The standard InChI is InChI=1S/C22H27N5O4/c1-14(27-20(29)22(25-21(27)30)10-4-5-11-22)19(28)24-17(18-23-12-13-26(18)2)15-6-8-16(31-3)9-7-15/h6-9,12-14,17H,4-5,10-11H2,1-3H3,(H,24,28)(H,25,30). The maximum Gasteiger partial charge on any atom is 0.325 e. The average Bonchev–Trinajstić information content (AvgIpc) is 3.46. The van der Waals surface area contributed by atoms with Crippen LogP contribution in [0, 0.1) is 0 Å². The SMILES string of the molecule is COc1ccc(C(NC(=O)C(C)N2C(=O)NC3(CCCC3)C2=O)c2nccn2C)cc1. The van der Waals surface area contributed by atoms with Crippen LogP contribution < -0.4 is 15.4 Å². The van der Waals surface area contributed by atoms with Crippen LogP contribution in [0.15, 0.2) is 36.7 Å². The van der Waals surface area contributed by atoms with Gasteiger partial charge in [0.15, 0.2) is 0 Å². The van der Waals surface area contributed by atoms with Gasteiger partial charge in [0.1, 0.15) is 29.2 Å². The highest BCUT2D eigenvalue weighted by Gasteiger charge is 2.54. The number of imidazole rings is 1. The molecule has 1 aromatic carbocycles. The number of carbonyl (C=O) groups is 3. The van der Waals surface area contributed by atoms with Crippen molar-refractivity contribution in [2.24, 2.45) is 7.05 Å². The van der Waals surface area contributed by atoms with Gasteiger partial charge in [-0.2, -0.15) is 0 Å². The van der Waals surface area contributed by atoms with E-state index in [9.17, 15) is 14.4 Å². The van der Waals surface area contributed by atoms with Gasteiger partial charge in [-0.25, -0.2) is 14.7 Å². The van der Waals surface area contributed by atoms with E-state index in [0.29, 0.717) is 24.4 Å². The first-order chi connectivity index (χ1) is 14.9. The van der Waals surface area contributed by atoms with Crippen LogP contribution >= 0.6 is 0 Å². The van der Waals surface area contributed by atoms with Crippen LogP contribution in [-0.2, 0) is 16.6 Å². The maximum atomic E-state index is 13.2. The van der Waals surface area contributed by atoms with E-state index >= 15 is 0 Å². The highest BCUT2D eigenvalue weighted by Crippen LogP contribution is 2.36. The molecule has 31 heavy (non-hydrogen) atoms. The molecule has 2 aromatic rings. The molecule has 4 amide bonds. The Labute approximate surface area is 180 Å². The van der Waals surface area contributed by atoms with Crippen molar-refractivity contribution in [3.05, 3.63) is 48.0 Å². The Hall–Kier alpha value is -3.36. The quantitative estimate of drug-likeness (QED) is 0.688. The fourth-order valence-corrected chi connectivity index (χ4v) is 4.44. The van der Waals surface area contributed by atoms with Gasteiger partial charge in [-0.15, -0.1) is 0 Å². The molecule has 1 aliphatic carbocycles. The Kier molecular flexibility index (Phi) is 5.43. The molecule has 4 rings (SSSR count). The number of carbonyl (C=O) groups excluding carboxylic acids is 3. The molecule has 2 unspecified atom stereocenters. The molecule has 9 nitrogen and oxygen atoms in total. The lowest BCUT2D eigenvalue weighted by atomic mass is 9.97. The van der Waals surface area contributed by atoms with Gasteiger partial charge in [-0.1, -0.05) is 25.0 Å². The molecule has 1 aliphatic heterocycles. The van der Waals surface area contributed by atoms with Crippen LogP contribution in [0.4, 0.5) is 4.79 Å². The van der Waals surface area contributed by atoms with E-state index in [-0.39, 0.29) is 5.91 Å². The summed E-state index contributed by atoms with van der Waals surface area (Å²) in [5.41, 5.74) is -0.0409. The fraction of sp³-hybridized carbons (Fsp3) is 0.455. The van der Waals surface area contributed by atoms with Crippen molar-refractivity contribution >= 4 is 17.8 Å². The number of aromatic nitrogens is 2. The molecule has 1 spiro atoms. The number of aryl methyl sites for hydroxylation is 1. The van der Waals surface area contributed by atoms with E-state index < -0.39 is 29.6 Å². The summed E-state index contributed by atoms with van der Waals surface area (Å²) in [6, 6.07) is 5.31. The zero-order chi connectivity index (χ0) is 22.2. The van der Waals surface area contributed by atoms with E-state index in [4.69, 9.17) is 4.74 Å². The molecule has 2 heterocycles. The molecule has 2 fully saturated rings. The lowest BCUT2D eigenvalue weighted by Crippen LogP contribution is -2.50. The first-order valence-electron chi connectivity index (χ1n) is 10.4. The first kappa shape index (κ1) is 20.9. The number of hydrogen-bond donors (Lipinski definition) is 2. The molecular formula is C22H27N5O4. The summed E-state index contributed by atoms with van der Waals surface area (Å²) in [5.74, 6) is 0.594. The number of hydrogen-bond acceptors (Lipinski definition) is 5. The van der Waals surface area contributed by atoms with Crippen molar-refractivity contribution < 1.29 is 19.1 Å². The average molecular weight is 425 g/mol. The molecule has 164 valence electrons. The summed E-state index contributed by atoms with van der Waals surface area (Å²) < 4.78 is 7.04. The zero-order valence-corrected chi connectivity index (χ0v) is 17.9. The van der Waals surface area contributed by atoms with Gasteiger partial charge in [-0.05, 0) is 37.5 Å². The van der Waals surface area contributed by atoms with Crippen molar-refractivity contribution in [3.63, 3.8) is 0 Å². The topological polar surface area (TPSA) is 106 Å². The predicted molar refractivity (Wildman–Crippen MR) is 112 cm³/mol. The Morgan fingerprint density at radius 3 is 2.48 bits per heavy atom. The monoisotopic (exact) mass is 425 g/mol. The van der Waals surface area contributed by atoms with Gasteiger partial charge in [0.25, 0.3) is 5.91 Å². The molecule has 1 saturated carbocycles. The second kappa shape index (κ2) is 8.05. The minimum atomic E-state index is -0.950. The highest BCUT2D eigenvalue weighted by molar-refractivity contribution is 6.10. The summed E-state index contributed by atoms with van der Waals surface area (Å²) in [7, 11) is 3.43. The summed E-state index contributed by atoms with van der Waals surface area (Å²) >= 11 is 0. The number of nitrogens with zero attached hydrogens (tertiary/aromatic N) is 3. The summed E-state index contributed by atoms with van der Waals surface area (Å²) in [6.45, 7) is 1.57. The third-order valence-electron chi connectivity index (χ3n) is 6.27. The number of urea groups is 1. The number of ether oxygens (including phenoxy) is 1. The Bertz CT molecular complexity index is 994. The van der Waals surface area contributed by atoms with E-state index in [0.717, 1.165) is 23.3 Å². The van der Waals surface area contributed by atoms with E-state index in [1.165, 1.54) is 0 Å². The van der Waals surface area contributed by atoms with E-state index in [2.05, 4.69) is 15.6 Å². The lowest BCUT2D eigenvalue weighted by Gasteiger charge is -2.26. The number of rotatable bonds is 6. The summed E-state index contributed by atoms with van der Waals surface area (Å²) in [6.07, 6.45) is 6.46. The second-order valence-corrected chi connectivity index (χ2v) is 8.18. The fourth-order valence-electron chi connectivity index (χ4n) is 4.44. The molecule has 1 aromatic heterocycles. The number of methoxy groups -OCH3 is 1. The van der Waals surface area contributed by atoms with Gasteiger partial charge in [0.05, 0.1) is 7.11 Å². The van der Waals surface area contributed by atoms with Gasteiger partial charge in [-0.3, -0.25) is 9.59 Å². The number of benzene rings is 1. The largest absolute Gasteiger partial charge is 0.497 e. The molecule has 1 saturated heterocycles.